The highest BCUT2D eigenvalue weighted by atomic mass is 19.4. The van der Waals surface area contributed by atoms with E-state index in [9.17, 15) is 17.6 Å². The Hall–Kier alpha value is -3.68. The fourth-order valence-corrected chi connectivity index (χ4v) is 6.77. The molecule has 1 aliphatic heterocycles. The zero-order valence-electron chi connectivity index (χ0n) is 22.9. The van der Waals surface area contributed by atoms with Crippen molar-refractivity contribution < 1.29 is 22.1 Å². The van der Waals surface area contributed by atoms with Crippen LogP contribution in [0.25, 0.3) is 28.2 Å². The van der Waals surface area contributed by atoms with E-state index >= 15 is 0 Å². The third-order valence-corrected chi connectivity index (χ3v) is 9.08. The molecule has 7 rings (SSSR count). The lowest BCUT2D eigenvalue weighted by molar-refractivity contribution is -0.137. The number of pyridine rings is 1. The molecular formula is C33H31F4N3O. The molecule has 0 N–H and O–H groups in total. The van der Waals surface area contributed by atoms with Crippen LogP contribution in [0.15, 0.2) is 58.6 Å². The molecule has 2 aromatic carbocycles. The van der Waals surface area contributed by atoms with Crippen molar-refractivity contribution in [2.24, 2.45) is 5.41 Å². The van der Waals surface area contributed by atoms with Crippen molar-refractivity contribution in [2.45, 2.75) is 64.2 Å². The summed E-state index contributed by atoms with van der Waals surface area (Å²) < 4.78 is 60.8. The van der Waals surface area contributed by atoms with Gasteiger partial charge in [0.25, 0.3) is 0 Å². The van der Waals surface area contributed by atoms with Crippen LogP contribution >= 0.6 is 0 Å². The summed E-state index contributed by atoms with van der Waals surface area (Å²) in [6.07, 6.45) is 3.47. The van der Waals surface area contributed by atoms with Gasteiger partial charge in [-0.3, -0.25) is 4.98 Å². The Morgan fingerprint density at radius 1 is 1.05 bits per heavy atom. The number of allylic oxidation sites excluding steroid dienone is 1. The summed E-state index contributed by atoms with van der Waals surface area (Å²) in [4.78, 5) is 6.93. The lowest BCUT2D eigenvalue weighted by Gasteiger charge is -2.50. The highest BCUT2D eigenvalue weighted by Gasteiger charge is 2.44. The van der Waals surface area contributed by atoms with Crippen LogP contribution in [-0.2, 0) is 12.9 Å². The molecule has 3 fully saturated rings. The maximum absolute atomic E-state index is 13.8. The zero-order valence-corrected chi connectivity index (χ0v) is 22.9. The number of anilines is 1. The van der Waals surface area contributed by atoms with E-state index < -0.39 is 18.4 Å². The molecule has 0 radical (unpaired) electrons. The van der Waals surface area contributed by atoms with E-state index in [0.29, 0.717) is 11.3 Å². The first kappa shape index (κ1) is 26.2. The van der Waals surface area contributed by atoms with Crippen molar-refractivity contribution in [2.75, 3.05) is 18.0 Å². The molecule has 0 bridgehead atoms. The summed E-state index contributed by atoms with van der Waals surface area (Å²) in [5.74, 6) is 0.950. The minimum Gasteiger partial charge on any atom is -0.371 e. The lowest BCUT2D eigenvalue weighted by atomic mass is 9.60. The number of hydrogen-bond donors (Lipinski definition) is 0. The maximum Gasteiger partial charge on any atom is 0.417 e. The normalized spacial score (nSPS) is 18.7. The quantitative estimate of drug-likeness (QED) is 0.228. The summed E-state index contributed by atoms with van der Waals surface area (Å²) in [6.45, 7) is 3.19. The Balaban J connectivity index is 1.10. The monoisotopic (exact) mass is 561 g/mol. The van der Waals surface area contributed by atoms with E-state index in [4.69, 9.17) is 4.52 Å². The number of fused-ring (bicyclic) bond motifs is 1. The zero-order chi connectivity index (χ0) is 28.4. The van der Waals surface area contributed by atoms with E-state index in [1.807, 2.05) is 19.1 Å². The molecule has 8 heteroatoms. The number of nitrogens with zero attached hydrogens (tertiary/aromatic N) is 3. The molecule has 4 nitrogen and oxygen atoms in total. The Morgan fingerprint density at radius 2 is 1.80 bits per heavy atom. The molecule has 2 saturated carbocycles. The van der Waals surface area contributed by atoms with Gasteiger partial charge >= 0.3 is 6.18 Å². The van der Waals surface area contributed by atoms with Gasteiger partial charge in [0, 0.05) is 46.9 Å². The predicted octanol–water partition coefficient (Wildman–Crippen LogP) is 9.03. The second-order valence-electron chi connectivity index (χ2n) is 12.0. The number of rotatable bonds is 5. The standard InChI is InChI=1S/C33H31F4N3O/c1-20-14-23(19-34)26-16-24(8-9-29(26)38-20)40-12-10-32(11-13-40)17-21(18-32)15-27-30(39-41-31(27)22-6-7-22)25-4-2-3-5-28(25)33(35,36)37/h2-5,8-9,14-16,22H,6-7,10-13,17-19H2,1H3. The SMILES string of the molecule is Cc1cc(CF)c2cc(N3CCC4(CC3)CC(=Cc3c(-c5ccccc5C(F)(F)F)noc3C3CC3)C4)ccc2n1. The third-order valence-electron chi connectivity index (χ3n) is 9.08. The van der Waals surface area contributed by atoms with E-state index in [0.717, 1.165) is 85.5 Å². The molecule has 2 aromatic heterocycles. The van der Waals surface area contributed by atoms with E-state index in [1.165, 1.54) is 17.7 Å². The third kappa shape index (κ3) is 4.81. The van der Waals surface area contributed by atoms with Crippen LogP contribution in [0, 0.1) is 12.3 Å². The van der Waals surface area contributed by atoms with Gasteiger partial charge in [-0.25, -0.2) is 4.39 Å². The summed E-state index contributed by atoms with van der Waals surface area (Å²) in [5, 5.41) is 5.03. The van der Waals surface area contributed by atoms with Gasteiger partial charge in [-0.05, 0) is 92.8 Å². The minimum absolute atomic E-state index is 0.0708. The largest absolute Gasteiger partial charge is 0.417 e. The highest BCUT2D eigenvalue weighted by molar-refractivity contribution is 5.86. The number of alkyl halides is 4. The molecule has 3 heterocycles. The Labute approximate surface area is 236 Å². The van der Waals surface area contributed by atoms with Crippen LogP contribution in [-0.4, -0.2) is 23.2 Å². The number of benzene rings is 2. The predicted molar refractivity (Wildman–Crippen MR) is 151 cm³/mol. The molecule has 0 unspecified atom stereocenters. The van der Waals surface area contributed by atoms with Gasteiger partial charge in [0.2, 0.25) is 0 Å². The summed E-state index contributed by atoms with van der Waals surface area (Å²) in [7, 11) is 0. The van der Waals surface area contributed by atoms with E-state index in [2.05, 4.69) is 33.2 Å². The molecule has 2 aliphatic carbocycles. The number of piperidine rings is 1. The number of halogens is 4. The van der Waals surface area contributed by atoms with Crippen molar-refractivity contribution in [3.05, 3.63) is 82.2 Å². The Morgan fingerprint density at radius 3 is 2.51 bits per heavy atom. The summed E-state index contributed by atoms with van der Waals surface area (Å²) in [6, 6.07) is 13.5. The first-order valence-corrected chi connectivity index (χ1v) is 14.3. The van der Waals surface area contributed by atoms with Gasteiger partial charge in [0.1, 0.15) is 18.1 Å². The van der Waals surface area contributed by atoms with Crippen LogP contribution in [0.5, 0.6) is 0 Å². The molecule has 212 valence electrons. The summed E-state index contributed by atoms with van der Waals surface area (Å²) in [5.41, 5.74) is 5.25. The fraction of sp³-hybridized carbons (Fsp3) is 0.394. The maximum atomic E-state index is 13.8. The molecule has 1 saturated heterocycles. The van der Waals surface area contributed by atoms with Crippen LogP contribution in [0.2, 0.25) is 0 Å². The second kappa shape index (κ2) is 9.71. The summed E-state index contributed by atoms with van der Waals surface area (Å²) >= 11 is 0. The van der Waals surface area contributed by atoms with Gasteiger partial charge in [-0.1, -0.05) is 28.9 Å². The van der Waals surface area contributed by atoms with Gasteiger partial charge in [-0.15, -0.1) is 0 Å². The Kier molecular flexibility index (Phi) is 6.21. The van der Waals surface area contributed by atoms with E-state index in [-0.39, 0.29) is 22.6 Å². The van der Waals surface area contributed by atoms with Crippen LogP contribution < -0.4 is 4.90 Å². The topological polar surface area (TPSA) is 42.2 Å². The number of hydrogen-bond acceptors (Lipinski definition) is 4. The van der Waals surface area contributed by atoms with Crippen molar-refractivity contribution in [1.82, 2.24) is 10.1 Å². The van der Waals surface area contributed by atoms with Gasteiger partial charge in [-0.2, -0.15) is 13.2 Å². The number of aromatic nitrogens is 2. The Bertz CT molecular complexity index is 1650. The van der Waals surface area contributed by atoms with Crippen molar-refractivity contribution in [1.29, 1.82) is 0 Å². The van der Waals surface area contributed by atoms with Gasteiger partial charge in [0.05, 0.1) is 11.1 Å². The lowest BCUT2D eigenvalue weighted by Crippen LogP contribution is -2.44. The van der Waals surface area contributed by atoms with Crippen molar-refractivity contribution >= 4 is 22.7 Å². The minimum atomic E-state index is -4.47. The molecule has 1 spiro atoms. The molecule has 3 aliphatic rings. The van der Waals surface area contributed by atoms with Crippen LogP contribution in [0.3, 0.4) is 0 Å². The average molecular weight is 562 g/mol. The van der Waals surface area contributed by atoms with E-state index in [1.54, 1.807) is 6.07 Å². The molecule has 0 amide bonds. The average Bonchev–Trinajstić information content (AvgIpc) is 3.71. The van der Waals surface area contributed by atoms with Crippen molar-refractivity contribution in [3.63, 3.8) is 0 Å². The first-order valence-electron chi connectivity index (χ1n) is 14.3. The van der Waals surface area contributed by atoms with Crippen LogP contribution in [0.4, 0.5) is 23.2 Å². The second-order valence-corrected chi connectivity index (χ2v) is 12.0. The fourth-order valence-electron chi connectivity index (χ4n) is 6.77. The van der Waals surface area contributed by atoms with Gasteiger partial charge in [0.15, 0.2) is 0 Å². The molecule has 41 heavy (non-hydrogen) atoms. The molecule has 4 aromatic rings. The smallest absolute Gasteiger partial charge is 0.371 e. The molecular weight excluding hydrogens is 530 g/mol. The number of aryl methyl sites for hydroxylation is 1. The molecule has 0 atom stereocenters. The first-order chi connectivity index (χ1) is 19.7. The van der Waals surface area contributed by atoms with Gasteiger partial charge < -0.3 is 9.42 Å². The van der Waals surface area contributed by atoms with Crippen LogP contribution in [0.1, 0.15) is 72.6 Å². The van der Waals surface area contributed by atoms with Crippen molar-refractivity contribution in [3.8, 4) is 11.3 Å². The highest BCUT2D eigenvalue weighted by Crippen LogP contribution is 2.54.